The summed E-state index contributed by atoms with van der Waals surface area (Å²) in [5, 5.41) is 0. The molecule has 0 aromatic heterocycles. The quantitative estimate of drug-likeness (QED) is 0.694. The summed E-state index contributed by atoms with van der Waals surface area (Å²) in [6, 6.07) is 18.7. The van der Waals surface area contributed by atoms with Crippen molar-refractivity contribution in [2.75, 3.05) is 0 Å². The Morgan fingerprint density at radius 2 is 1.22 bits per heavy atom. The van der Waals surface area contributed by atoms with Crippen LogP contribution in [0, 0.1) is 0 Å². The molecule has 0 unspecified atom stereocenters. The van der Waals surface area contributed by atoms with E-state index in [1.165, 1.54) is 16.7 Å². The molecule has 94 valence electrons. The second-order valence-electron chi connectivity index (χ2n) is 4.09. The minimum Gasteiger partial charge on any atom is -0.0985 e. The molecule has 2 aromatic carbocycles. The molecule has 0 N–H and O–H groups in total. The van der Waals surface area contributed by atoms with Crippen LogP contribution < -0.4 is 0 Å². The molecule has 0 aliphatic rings. The van der Waals surface area contributed by atoms with Crippen LogP contribution in [0.5, 0.6) is 0 Å². The Labute approximate surface area is 111 Å². The van der Waals surface area contributed by atoms with Crippen LogP contribution >= 0.6 is 0 Å². The maximum Gasteiger partial charge on any atom is -0.0263 e. The van der Waals surface area contributed by atoms with Gasteiger partial charge < -0.3 is 0 Å². The normalized spacial score (nSPS) is 9.22. The lowest BCUT2D eigenvalue weighted by Gasteiger charge is -2.02. The van der Waals surface area contributed by atoms with Gasteiger partial charge in [-0.2, -0.15) is 0 Å². The van der Waals surface area contributed by atoms with Gasteiger partial charge in [-0.3, -0.25) is 0 Å². The van der Waals surface area contributed by atoms with Crippen molar-refractivity contribution in [2.24, 2.45) is 0 Å². The van der Waals surface area contributed by atoms with E-state index in [-0.39, 0.29) is 0 Å². The molecule has 0 aliphatic heterocycles. The smallest absolute Gasteiger partial charge is 0.0263 e. The fraction of sp³-hybridized carbons (Fsp3) is 0.222. The van der Waals surface area contributed by atoms with Crippen molar-refractivity contribution in [3.63, 3.8) is 0 Å². The Kier molecular flexibility index (Phi) is 6.56. The highest BCUT2D eigenvalue weighted by Crippen LogP contribution is 2.08. The maximum absolute atomic E-state index is 3.63. The van der Waals surface area contributed by atoms with Crippen LogP contribution in [0.1, 0.15) is 30.5 Å². The summed E-state index contributed by atoms with van der Waals surface area (Å²) in [7, 11) is 0. The van der Waals surface area contributed by atoms with Gasteiger partial charge in [-0.05, 0) is 29.5 Å². The summed E-state index contributed by atoms with van der Waals surface area (Å²) in [5.74, 6) is 0. The van der Waals surface area contributed by atoms with Crippen LogP contribution in [0.2, 0.25) is 0 Å². The van der Waals surface area contributed by atoms with Gasteiger partial charge in [-0.1, -0.05) is 81.1 Å². The van der Waals surface area contributed by atoms with Crippen molar-refractivity contribution in [3.05, 3.63) is 77.9 Å². The van der Waals surface area contributed by atoms with Gasteiger partial charge in [-0.25, -0.2) is 0 Å². The highest BCUT2D eigenvalue weighted by molar-refractivity contribution is 5.45. The molecule has 0 fully saturated rings. The summed E-state index contributed by atoms with van der Waals surface area (Å²) in [4.78, 5) is 0. The van der Waals surface area contributed by atoms with Crippen molar-refractivity contribution in [1.29, 1.82) is 0 Å². The molecular formula is C18H22. The van der Waals surface area contributed by atoms with E-state index < -0.39 is 0 Å². The Balaban J connectivity index is 0.000000184. The molecular weight excluding hydrogens is 216 g/mol. The number of rotatable bonds is 3. The molecule has 0 nitrogen and oxygen atoms in total. The average molecular weight is 238 g/mol. The molecule has 0 saturated heterocycles. The first-order chi connectivity index (χ1) is 8.81. The molecule has 2 aromatic rings. The summed E-state index contributed by atoms with van der Waals surface area (Å²) < 4.78 is 0. The van der Waals surface area contributed by atoms with E-state index in [1.807, 2.05) is 36.4 Å². The zero-order chi connectivity index (χ0) is 13.2. The van der Waals surface area contributed by atoms with Crippen molar-refractivity contribution >= 4 is 6.08 Å². The number of hydrogen-bond donors (Lipinski definition) is 0. The largest absolute Gasteiger partial charge is 0.0985 e. The Hall–Kier alpha value is -1.82. The van der Waals surface area contributed by atoms with E-state index in [4.69, 9.17) is 0 Å². The second kappa shape index (κ2) is 8.30. The van der Waals surface area contributed by atoms with Gasteiger partial charge in [0.05, 0.1) is 0 Å². The lowest BCUT2D eigenvalue weighted by Crippen LogP contribution is -1.88. The molecule has 0 saturated carbocycles. The summed E-state index contributed by atoms with van der Waals surface area (Å²) in [5.41, 5.74) is 4.16. The molecule has 0 bridgehead atoms. The van der Waals surface area contributed by atoms with Gasteiger partial charge in [0, 0.05) is 0 Å². The Bertz CT molecular complexity index is 431. The highest BCUT2D eigenvalue weighted by atomic mass is 14.0. The van der Waals surface area contributed by atoms with Gasteiger partial charge in [0.1, 0.15) is 0 Å². The van der Waals surface area contributed by atoms with Crippen LogP contribution in [-0.2, 0) is 12.8 Å². The Morgan fingerprint density at radius 1 is 0.778 bits per heavy atom. The lowest BCUT2D eigenvalue weighted by atomic mass is 10.0. The van der Waals surface area contributed by atoms with E-state index in [9.17, 15) is 0 Å². The molecule has 0 heterocycles. The first-order valence-electron chi connectivity index (χ1n) is 6.56. The fourth-order valence-corrected chi connectivity index (χ4v) is 1.84. The average Bonchev–Trinajstić information content (AvgIpc) is 2.48. The van der Waals surface area contributed by atoms with E-state index in [2.05, 4.69) is 44.7 Å². The van der Waals surface area contributed by atoms with Gasteiger partial charge in [0.2, 0.25) is 0 Å². The van der Waals surface area contributed by atoms with Crippen molar-refractivity contribution in [1.82, 2.24) is 0 Å². The third-order valence-corrected chi connectivity index (χ3v) is 2.92. The van der Waals surface area contributed by atoms with E-state index in [1.54, 1.807) is 0 Å². The van der Waals surface area contributed by atoms with Crippen LogP contribution in [0.25, 0.3) is 6.08 Å². The fourth-order valence-electron chi connectivity index (χ4n) is 1.84. The van der Waals surface area contributed by atoms with Gasteiger partial charge >= 0.3 is 0 Å². The monoisotopic (exact) mass is 238 g/mol. The predicted octanol–water partition coefficient (Wildman–Crippen LogP) is 5.14. The van der Waals surface area contributed by atoms with Crippen LogP contribution in [0.4, 0.5) is 0 Å². The van der Waals surface area contributed by atoms with E-state index in [0.29, 0.717) is 0 Å². The standard InChI is InChI=1S/C10H14.C8H8/c1-3-9-7-5-6-8-10(9)4-2;1-2-8-6-4-3-5-7-8/h5-8H,3-4H2,1-2H3;2-7H,1H2. The molecule has 2 rings (SSSR count). The third kappa shape index (κ3) is 4.58. The van der Waals surface area contributed by atoms with Gasteiger partial charge in [0.15, 0.2) is 0 Å². The van der Waals surface area contributed by atoms with Gasteiger partial charge in [-0.15, -0.1) is 0 Å². The number of aryl methyl sites for hydroxylation is 2. The third-order valence-electron chi connectivity index (χ3n) is 2.92. The van der Waals surface area contributed by atoms with Crippen LogP contribution in [0.15, 0.2) is 61.2 Å². The van der Waals surface area contributed by atoms with Crippen molar-refractivity contribution in [2.45, 2.75) is 26.7 Å². The van der Waals surface area contributed by atoms with Crippen molar-refractivity contribution in [3.8, 4) is 0 Å². The maximum atomic E-state index is 3.63. The first-order valence-corrected chi connectivity index (χ1v) is 6.56. The molecule has 0 atom stereocenters. The summed E-state index contributed by atoms with van der Waals surface area (Å²) >= 11 is 0. The van der Waals surface area contributed by atoms with Crippen LogP contribution in [0.3, 0.4) is 0 Å². The minimum atomic E-state index is 1.16. The highest BCUT2D eigenvalue weighted by Gasteiger charge is 1.93. The minimum absolute atomic E-state index is 1.16. The molecule has 0 radical (unpaired) electrons. The SMILES string of the molecule is C=Cc1ccccc1.CCc1ccccc1CC. The zero-order valence-corrected chi connectivity index (χ0v) is 11.4. The first kappa shape index (κ1) is 14.2. The topological polar surface area (TPSA) is 0 Å². The summed E-state index contributed by atoms with van der Waals surface area (Å²) in [6.45, 7) is 8.04. The van der Waals surface area contributed by atoms with Crippen LogP contribution in [-0.4, -0.2) is 0 Å². The van der Waals surface area contributed by atoms with Crippen molar-refractivity contribution < 1.29 is 0 Å². The van der Waals surface area contributed by atoms with Gasteiger partial charge in [0.25, 0.3) is 0 Å². The lowest BCUT2D eigenvalue weighted by molar-refractivity contribution is 1.04. The number of benzene rings is 2. The number of hydrogen-bond acceptors (Lipinski definition) is 0. The molecule has 0 heteroatoms. The molecule has 0 aliphatic carbocycles. The van der Waals surface area contributed by atoms with E-state index in [0.717, 1.165) is 12.8 Å². The zero-order valence-electron chi connectivity index (χ0n) is 11.4. The second-order valence-corrected chi connectivity index (χ2v) is 4.09. The summed E-state index contributed by atoms with van der Waals surface area (Å²) in [6.07, 6.45) is 4.15. The Morgan fingerprint density at radius 3 is 1.56 bits per heavy atom. The molecule has 0 spiro atoms. The van der Waals surface area contributed by atoms with E-state index >= 15 is 0 Å². The predicted molar refractivity (Wildman–Crippen MR) is 81.7 cm³/mol. The molecule has 18 heavy (non-hydrogen) atoms. The molecule has 0 amide bonds.